The van der Waals surface area contributed by atoms with Gasteiger partial charge in [-0.05, 0) is 35.2 Å². The third-order valence-corrected chi connectivity index (χ3v) is 3.55. The molecule has 1 amide bonds. The van der Waals surface area contributed by atoms with Crippen LogP contribution in [-0.2, 0) is 11.3 Å². The van der Waals surface area contributed by atoms with E-state index in [1.807, 2.05) is 16.8 Å². The van der Waals surface area contributed by atoms with Crippen molar-refractivity contribution in [2.75, 3.05) is 0 Å². The summed E-state index contributed by atoms with van der Waals surface area (Å²) in [5.74, 6) is -0.149. The van der Waals surface area contributed by atoms with Gasteiger partial charge in [-0.1, -0.05) is 5.16 Å². The Morgan fingerprint density at radius 3 is 2.94 bits per heavy atom. The Bertz CT molecular complexity index is 410. The second-order valence-corrected chi connectivity index (χ2v) is 4.66. The van der Waals surface area contributed by atoms with Crippen LogP contribution in [0.5, 0.6) is 0 Å². The van der Waals surface area contributed by atoms with Crippen LogP contribution in [0.25, 0.3) is 0 Å². The second kappa shape index (κ2) is 4.13. The first-order chi connectivity index (χ1) is 7.69. The molecule has 4 N–H and O–H groups in total. The Balaban J connectivity index is 1.94. The summed E-state index contributed by atoms with van der Waals surface area (Å²) in [4.78, 5) is 11.8. The molecule has 6 heteroatoms. The van der Waals surface area contributed by atoms with E-state index in [-0.39, 0.29) is 11.7 Å². The van der Waals surface area contributed by atoms with Gasteiger partial charge in [-0.15, -0.1) is 0 Å². The standard InChI is InChI=1S/C10H13N3O2S/c11-8(13-15)10(2-3-10)9(14)12-5-7-1-4-16-6-7/h1,4,6,15H,2-3,5H2,(H2,11,13)(H,12,14). The number of amidine groups is 1. The molecule has 0 aliphatic heterocycles. The van der Waals surface area contributed by atoms with Crippen molar-refractivity contribution >= 4 is 23.1 Å². The fourth-order valence-corrected chi connectivity index (χ4v) is 2.23. The van der Waals surface area contributed by atoms with Crippen molar-refractivity contribution in [2.45, 2.75) is 19.4 Å². The maximum Gasteiger partial charge on any atom is 0.234 e. The van der Waals surface area contributed by atoms with Crippen LogP contribution >= 0.6 is 11.3 Å². The quantitative estimate of drug-likeness (QED) is 0.315. The minimum absolute atomic E-state index is 0.00955. The van der Waals surface area contributed by atoms with Crippen LogP contribution in [0, 0.1) is 5.41 Å². The monoisotopic (exact) mass is 239 g/mol. The first-order valence-corrected chi connectivity index (χ1v) is 5.91. The predicted molar refractivity (Wildman–Crippen MR) is 61.2 cm³/mol. The number of hydrogen-bond donors (Lipinski definition) is 3. The van der Waals surface area contributed by atoms with E-state index in [4.69, 9.17) is 10.9 Å². The zero-order valence-corrected chi connectivity index (χ0v) is 9.46. The topological polar surface area (TPSA) is 87.7 Å². The number of nitrogens with two attached hydrogens (primary N) is 1. The summed E-state index contributed by atoms with van der Waals surface area (Å²) < 4.78 is 0. The molecule has 0 saturated heterocycles. The summed E-state index contributed by atoms with van der Waals surface area (Å²) in [5, 5.41) is 18.3. The van der Waals surface area contributed by atoms with Gasteiger partial charge in [-0.3, -0.25) is 4.79 Å². The van der Waals surface area contributed by atoms with Crippen LogP contribution < -0.4 is 11.1 Å². The van der Waals surface area contributed by atoms with E-state index in [1.54, 1.807) is 11.3 Å². The van der Waals surface area contributed by atoms with Gasteiger partial charge in [-0.25, -0.2) is 0 Å². The molecule has 0 atom stereocenters. The average Bonchev–Trinajstić information content (AvgIpc) is 2.95. The summed E-state index contributed by atoms with van der Waals surface area (Å²) in [6.07, 6.45) is 1.30. The number of amides is 1. The zero-order chi connectivity index (χ0) is 11.6. The fourth-order valence-electron chi connectivity index (χ4n) is 1.57. The lowest BCUT2D eigenvalue weighted by atomic mass is 10.1. The van der Waals surface area contributed by atoms with Crippen LogP contribution in [0.15, 0.2) is 22.0 Å². The van der Waals surface area contributed by atoms with Gasteiger partial charge in [0.05, 0.1) is 0 Å². The average molecular weight is 239 g/mol. The molecule has 1 aromatic heterocycles. The third-order valence-electron chi connectivity index (χ3n) is 2.82. The SMILES string of the molecule is N/C(=N/O)C1(C(=O)NCc2ccsc2)CC1. The van der Waals surface area contributed by atoms with Crippen molar-refractivity contribution in [1.29, 1.82) is 0 Å². The Labute approximate surface area is 97.0 Å². The molecule has 1 aromatic rings. The van der Waals surface area contributed by atoms with E-state index in [2.05, 4.69) is 10.5 Å². The van der Waals surface area contributed by atoms with Gasteiger partial charge >= 0.3 is 0 Å². The zero-order valence-electron chi connectivity index (χ0n) is 8.64. The Kier molecular flexibility index (Phi) is 2.82. The molecular weight excluding hydrogens is 226 g/mol. The number of carbonyl (C=O) groups is 1. The molecule has 0 bridgehead atoms. The van der Waals surface area contributed by atoms with Gasteiger partial charge < -0.3 is 16.3 Å². The van der Waals surface area contributed by atoms with Crippen LogP contribution in [0.1, 0.15) is 18.4 Å². The number of hydrogen-bond acceptors (Lipinski definition) is 4. The molecule has 16 heavy (non-hydrogen) atoms. The van der Waals surface area contributed by atoms with Gasteiger partial charge in [0.2, 0.25) is 5.91 Å². The highest BCUT2D eigenvalue weighted by Crippen LogP contribution is 2.46. The molecule has 0 radical (unpaired) electrons. The predicted octanol–water partition coefficient (Wildman–Crippen LogP) is 0.891. The van der Waals surface area contributed by atoms with Crippen LogP contribution in [0.3, 0.4) is 0 Å². The number of rotatable bonds is 4. The second-order valence-electron chi connectivity index (χ2n) is 3.88. The highest BCUT2D eigenvalue weighted by molar-refractivity contribution is 7.07. The number of thiophene rings is 1. The first-order valence-electron chi connectivity index (χ1n) is 4.96. The highest BCUT2D eigenvalue weighted by atomic mass is 32.1. The van der Waals surface area contributed by atoms with E-state index < -0.39 is 5.41 Å². The van der Waals surface area contributed by atoms with Crippen molar-refractivity contribution < 1.29 is 10.0 Å². The maximum absolute atomic E-state index is 11.8. The lowest BCUT2D eigenvalue weighted by molar-refractivity contribution is -0.124. The molecule has 5 nitrogen and oxygen atoms in total. The molecule has 1 saturated carbocycles. The van der Waals surface area contributed by atoms with Gasteiger partial charge in [0, 0.05) is 6.54 Å². The third kappa shape index (κ3) is 1.88. The maximum atomic E-state index is 11.8. The number of carbonyl (C=O) groups excluding carboxylic acids is 1. The molecule has 1 fully saturated rings. The minimum Gasteiger partial charge on any atom is -0.409 e. The van der Waals surface area contributed by atoms with E-state index in [9.17, 15) is 4.79 Å². The summed E-state index contributed by atoms with van der Waals surface area (Å²) in [6.45, 7) is 0.489. The van der Waals surface area contributed by atoms with Crippen molar-refractivity contribution in [3.05, 3.63) is 22.4 Å². The summed E-state index contributed by atoms with van der Waals surface area (Å²) in [6, 6.07) is 1.95. The molecule has 1 aliphatic rings. The summed E-state index contributed by atoms with van der Waals surface area (Å²) >= 11 is 1.59. The molecular formula is C10H13N3O2S. The number of nitrogens with one attached hydrogen (secondary N) is 1. The van der Waals surface area contributed by atoms with Crippen LogP contribution in [0.2, 0.25) is 0 Å². The Morgan fingerprint density at radius 1 is 1.69 bits per heavy atom. The van der Waals surface area contributed by atoms with Crippen molar-refractivity contribution in [2.24, 2.45) is 16.3 Å². The summed E-state index contributed by atoms with van der Waals surface area (Å²) in [7, 11) is 0. The smallest absolute Gasteiger partial charge is 0.234 e. The lowest BCUT2D eigenvalue weighted by Crippen LogP contribution is -2.40. The molecule has 1 aliphatic carbocycles. The lowest BCUT2D eigenvalue weighted by Gasteiger charge is -2.12. The van der Waals surface area contributed by atoms with E-state index >= 15 is 0 Å². The van der Waals surface area contributed by atoms with E-state index in [0.29, 0.717) is 19.4 Å². The molecule has 1 heterocycles. The Morgan fingerprint density at radius 2 is 2.44 bits per heavy atom. The first kappa shape index (κ1) is 10.9. The Hall–Kier alpha value is -1.56. The van der Waals surface area contributed by atoms with Gasteiger partial charge in [0.15, 0.2) is 5.84 Å². The number of nitrogens with zero attached hydrogens (tertiary/aromatic N) is 1. The van der Waals surface area contributed by atoms with E-state index in [1.165, 1.54) is 0 Å². The number of oxime groups is 1. The molecule has 0 spiro atoms. The summed E-state index contributed by atoms with van der Waals surface area (Å²) in [5.41, 5.74) is 5.81. The highest BCUT2D eigenvalue weighted by Gasteiger charge is 2.54. The van der Waals surface area contributed by atoms with Gasteiger partial charge in [-0.2, -0.15) is 11.3 Å². The normalized spacial score (nSPS) is 18.1. The van der Waals surface area contributed by atoms with Crippen LogP contribution in [-0.4, -0.2) is 17.0 Å². The van der Waals surface area contributed by atoms with Gasteiger partial charge in [0.25, 0.3) is 0 Å². The molecule has 0 unspecified atom stereocenters. The minimum atomic E-state index is -0.759. The molecule has 0 aromatic carbocycles. The van der Waals surface area contributed by atoms with Crippen LogP contribution in [0.4, 0.5) is 0 Å². The molecule has 86 valence electrons. The van der Waals surface area contributed by atoms with E-state index in [0.717, 1.165) is 5.56 Å². The fraction of sp³-hybridized carbons (Fsp3) is 0.400. The molecule has 2 rings (SSSR count). The van der Waals surface area contributed by atoms with Crippen molar-refractivity contribution in [1.82, 2.24) is 5.32 Å². The van der Waals surface area contributed by atoms with Gasteiger partial charge in [0.1, 0.15) is 5.41 Å². The largest absolute Gasteiger partial charge is 0.409 e. The van der Waals surface area contributed by atoms with Crippen molar-refractivity contribution in [3.63, 3.8) is 0 Å². The van der Waals surface area contributed by atoms with Crippen molar-refractivity contribution in [3.8, 4) is 0 Å².